The fourth-order valence-electron chi connectivity index (χ4n) is 2.97. The Labute approximate surface area is 153 Å². The molecule has 1 aliphatic heterocycles. The van der Waals surface area contributed by atoms with E-state index < -0.39 is 48.4 Å². The van der Waals surface area contributed by atoms with Crippen molar-refractivity contribution in [3.63, 3.8) is 0 Å². The molecule has 1 saturated heterocycles. The molecule has 9 nitrogen and oxygen atoms in total. The van der Waals surface area contributed by atoms with E-state index >= 15 is 0 Å². The first-order valence-corrected chi connectivity index (χ1v) is 8.49. The van der Waals surface area contributed by atoms with E-state index in [1.165, 1.54) is 6.20 Å². The van der Waals surface area contributed by atoms with E-state index in [0.29, 0.717) is 6.42 Å². The second-order valence-electron chi connectivity index (χ2n) is 6.20. The van der Waals surface area contributed by atoms with Gasteiger partial charge in [0.05, 0.1) is 6.61 Å². The van der Waals surface area contributed by atoms with Crippen LogP contribution in [0.2, 0.25) is 0 Å². The van der Waals surface area contributed by atoms with Gasteiger partial charge >= 0.3 is 11.7 Å². The molecule has 144 valence electrons. The second-order valence-corrected chi connectivity index (χ2v) is 6.20. The Balaban J connectivity index is 1.68. The van der Waals surface area contributed by atoms with Crippen molar-refractivity contribution in [3.8, 4) is 0 Å². The summed E-state index contributed by atoms with van der Waals surface area (Å²) >= 11 is 0. The number of H-pyrrole nitrogens is 1. The molecule has 4 atom stereocenters. The van der Waals surface area contributed by atoms with Crippen molar-refractivity contribution in [1.29, 1.82) is 0 Å². The molecule has 0 radical (unpaired) electrons. The predicted octanol–water partition coefficient (Wildman–Crippen LogP) is -0.668. The maximum Gasteiger partial charge on any atom is 0.330 e. The number of hydrogen-bond donors (Lipinski definition) is 3. The van der Waals surface area contributed by atoms with Crippen LogP contribution in [0.4, 0.5) is 0 Å². The first-order chi connectivity index (χ1) is 13.0. The molecule has 0 bridgehead atoms. The van der Waals surface area contributed by atoms with Gasteiger partial charge in [-0.05, 0) is 12.0 Å². The number of carbonyl (C=O) groups is 1. The van der Waals surface area contributed by atoms with Crippen molar-refractivity contribution < 1.29 is 24.5 Å². The highest BCUT2D eigenvalue weighted by Gasteiger charge is 2.47. The van der Waals surface area contributed by atoms with Gasteiger partial charge in [0.25, 0.3) is 5.56 Å². The monoisotopic (exact) mass is 376 g/mol. The third-order valence-electron chi connectivity index (χ3n) is 4.34. The maximum absolute atomic E-state index is 12.1. The summed E-state index contributed by atoms with van der Waals surface area (Å²) in [6.07, 6.45) is -2.98. The van der Waals surface area contributed by atoms with Crippen LogP contribution in [0.25, 0.3) is 0 Å². The van der Waals surface area contributed by atoms with Crippen molar-refractivity contribution in [3.05, 3.63) is 69.0 Å². The number of nitrogens with one attached hydrogen (secondary N) is 1. The smallest absolute Gasteiger partial charge is 0.330 e. The Morgan fingerprint density at radius 2 is 1.96 bits per heavy atom. The quantitative estimate of drug-likeness (QED) is 0.570. The van der Waals surface area contributed by atoms with Gasteiger partial charge in [0, 0.05) is 18.7 Å². The van der Waals surface area contributed by atoms with Gasteiger partial charge in [-0.2, -0.15) is 0 Å². The second kappa shape index (κ2) is 8.30. The number of ether oxygens (including phenoxy) is 2. The summed E-state index contributed by atoms with van der Waals surface area (Å²) in [6, 6.07) is 10.5. The molecule has 0 amide bonds. The minimum absolute atomic E-state index is 0.0919. The van der Waals surface area contributed by atoms with E-state index in [-0.39, 0.29) is 6.42 Å². The number of aliphatic hydroxyl groups is 2. The van der Waals surface area contributed by atoms with Gasteiger partial charge in [-0.15, -0.1) is 0 Å². The highest BCUT2D eigenvalue weighted by atomic mass is 16.6. The van der Waals surface area contributed by atoms with Gasteiger partial charge in [0.15, 0.2) is 12.3 Å². The van der Waals surface area contributed by atoms with Crippen LogP contribution in [0.5, 0.6) is 0 Å². The first-order valence-electron chi connectivity index (χ1n) is 8.49. The third-order valence-corrected chi connectivity index (χ3v) is 4.34. The van der Waals surface area contributed by atoms with Crippen molar-refractivity contribution >= 4 is 5.97 Å². The molecule has 1 aromatic carbocycles. The molecule has 1 fully saturated rings. The summed E-state index contributed by atoms with van der Waals surface area (Å²) in [7, 11) is 0. The van der Waals surface area contributed by atoms with Gasteiger partial charge in [0.1, 0.15) is 12.2 Å². The molecule has 9 heteroatoms. The largest absolute Gasteiger partial charge is 0.457 e. The summed E-state index contributed by atoms with van der Waals surface area (Å²) in [4.78, 5) is 37.3. The highest BCUT2D eigenvalue weighted by molar-refractivity contribution is 5.70. The average Bonchev–Trinajstić information content (AvgIpc) is 2.97. The zero-order valence-corrected chi connectivity index (χ0v) is 14.4. The minimum Gasteiger partial charge on any atom is -0.457 e. The average molecular weight is 376 g/mol. The van der Waals surface area contributed by atoms with Gasteiger partial charge in [0.2, 0.25) is 0 Å². The molecule has 0 saturated carbocycles. The molecular weight excluding hydrogens is 356 g/mol. The van der Waals surface area contributed by atoms with Crippen molar-refractivity contribution in [1.82, 2.24) is 9.55 Å². The third kappa shape index (κ3) is 4.33. The minimum atomic E-state index is -1.38. The summed E-state index contributed by atoms with van der Waals surface area (Å²) in [5.41, 5.74) is -0.403. The van der Waals surface area contributed by atoms with Crippen LogP contribution < -0.4 is 11.2 Å². The Morgan fingerprint density at radius 3 is 2.63 bits per heavy atom. The fraction of sp³-hybridized carbons (Fsp3) is 0.389. The summed E-state index contributed by atoms with van der Waals surface area (Å²) < 4.78 is 11.8. The number of nitrogens with zero attached hydrogens (tertiary/aromatic N) is 1. The number of aromatic amines is 1. The molecule has 0 spiro atoms. The number of carbonyl (C=O) groups excluding carboxylic acids is 1. The first kappa shape index (κ1) is 19.0. The lowest BCUT2D eigenvalue weighted by molar-refractivity contribution is -0.156. The lowest BCUT2D eigenvalue weighted by Gasteiger charge is -2.20. The fourth-order valence-corrected chi connectivity index (χ4v) is 2.97. The number of aliphatic hydroxyl groups excluding tert-OH is 2. The van der Waals surface area contributed by atoms with Crippen LogP contribution in [0, 0.1) is 0 Å². The number of aryl methyl sites for hydroxylation is 1. The van der Waals surface area contributed by atoms with E-state index in [0.717, 1.165) is 16.2 Å². The number of rotatable bonds is 6. The molecule has 3 rings (SSSR count). The SMILES string of the molecule is O=C(CCc1ccccc1)O[C@H]1[C@@H](O)[C@H](n2ccc(=O)[nH]c2=O)O[C@@H]1CO. The van der Waals surface area contributed by atoms with E-state index in [1.807, 2.05) is 30.3 Å². The van der Waals surface area contributed by atoms with Crippen molar-refractivity contribution in [2.24, 2.45) is 0 Å². The van der Waals surface area contributed by atoms with Crippen LogP contribution >= 0.6 is 0 Å². The zero-order valence-electron chi connectivity index (χ0n) is 14.4. The van der Waals surface area contributed by atoms with Crippen LogP contribution in [0.15, 0.2) is 52.2 Å². The van der Waals surface area contributed by atoms with Gasteiger partial charge in [-0.25, -0.2) is 4.79 Å². The molecule has 1 aliphatic rings. The number of esters is 1. The van der Waals surface area contributed by atoms with Crippen LogP contribution in [0.3, 0.4) is 0 Å². The molecule has 0 unspecified atom stereocenters. The van der Waals surface area contributed by atoms with Gasteiger partial charge < -0.3 is 19.7 Å². The lowest BCUT2D eigenvalue weighted by Crippen LogP contribution is -2.40. The molecule has 2 heterocycles. The van der Waals surface area contributed by atoms with E-state index in [4.69, 9.17) is 9.47 Å². The Kier molecular flexibility index (Phi) is 5.84. The van der Waals surface area contributed by atoms with Crippen LogP contribution in [0.1, 0.15) is 18.2 Å². The normalized spacial score (nSPS) is 24.7. The Morgan fingerprint density at radius 1 is 1.22 bits per heavy atom. The Hall–Kier alpha value is -2.75. The molecule has 27 heavy (non-hydrogen) atoms. The number of aromatic nitrogens is 2. The molecule has 2 aromatic rings. The molecule has 3 N–H and O–H groups in total. The molecular formula is C18H20N2O7. The predicted molar refractivity (Wildman–Crippen MR) is 93.0 cm³/mol. The number of benzene rings is 1. The van der Waals surface area contributed by atoms with E-state index in [2.05, 4.69) is 4.98 Å². The van der Waals surface area contributed by atoms with Gasteiger partial charge in [-0.1, -0.05) is 30.3 Å². The maximum atomic E-state index is 12.1. The zero-order chi connectivity index (χ0) is 19.4. The molecule has 0 aliphatic carbocycles. The van der Waals surface area contributed by atoms with E-state index in [9.17, 15) is 24.6 Å². The van der Waals surface area contributed by atoms with Crippen molar-refractivity contribution in [2.75, 3.05) is 6.61 Å². The summed E-state index contributed by atoms with van der Waals surface area (Å²) in [5, 5.41) is 19.9. The lowest BCUT2D eigenvalue weighted by atomic mass is 10.1. The standard InChI is InChI=1S/C18H20N2O7/c21-10-12-16(27-14(23)7-6-11-4-2-1-3-5-11)15(24)17(26-12)20-9-8-13(22)19-18(20)25/h1-5,8-9,12,15-17,21,24H,6-7,10H2,(H,19,22,25)/t12-,15-,16-,17-/m1/s1. The Bertz CT molecular complexity index is 892. The van der Waals surface area contributed by atoms with Crippen molar-refractivity contribution in [2.45, 2.75) is 37.4 Å². The number of hydrogen-bond acceptors (Lipinski definition) is 7. The topological polar surface area (TPSA) is 131 Å². The highest BCUT2D eigenvalue weighted by Crippen LogP contribution is 2.30. The van der Waals surface area contributed by atoms with Crippen LogP contribution in [-0.2, 0) is 20.7 Å². The van der Waals surface area contributed by atoms with E-state index in [1.54, 1.807) is 0 Å². The summed E-state index contributed by atoms with van der Waals surface area (Å²) in [6.45, 7) is -0.512. The van der Waals surface area contributed by atoms with Crippen LogP contribution in [-0.4, -0.2) is 50.7 Å². The van der Waals surface area contributed by atoms with Gasteiger partial charge in [-0.3, -0.25) is 19.1 Å². The molecule has 1 aromatic heterocycles. The summed E-state index contributed by atoms with van der Waals surface area (Å²) in [5.74, 6) is -0.556.